The van der Waals surface area contributed by atoms with Crippen LogP contribution in [0.15, 0.2) is 47.1 Å². The van der Waals surface area contributed by atoms with E-state index < -0.39 is 30.0 Å². The number of carboxylic acid groups (broad SMARTS) is 1. The molecule has 1 fully saturated rings. The van der Waals surface area contributed by atoms with Crippen LogP contribution in [0.2, 0.25) is 0 Å². The van der Waals surface area contributed by atoms with E-state index in [1.807, 2.05) is 18.2 Å². The van der Waals surface area contributed by atoms with E-state index in [0.717, 1.165) is 29.4 Å². The summed E-state index contributed by atoms with van der Waals surface area (Å²) in [5.74, 6) is -3.83. The number of aliphatic hydroxyl groups excluding tert-OH is 1. The Bertz CT molecular complexity index is 1200. The van der Waals surface area contributed by atoms with Crippen molar-refractivity contribution in [1.82, 2.24) is 15.1 Å². The Balaban J connectivity index is 0.000000429. The second-order valence-corrected chi connectivity index (χ2v) is 8.73. The molecule has 2 heterocycles. The van der Waals surface area contributed by atoms with E-state index in [1.54, 1.807) is 17.2 Å². The minimum Gasteiger partial charge on any atom is -0.475 e. The number of nitrogens with zero attached hydrogens (tertiary/aromatic N) is 2. The van der Waals surface area contributed by atoms with Crippen molar-refractivity contribution in [1.29, 1.82) is 0 Å². The zero-order valence-electron chi connectivity index (χ0n) is 18.0. The van der Waals surface area contributed by atoms with E-state index in [0.29, 0.717) is 17.6 Å². The zero-order valence-corrected chi connectivity index (χ0v) is 19.6. The van der Waals surface area contributed by atoms with Crippen molar-refractivity contribution in [2.24, 2.45) is 0 Å². The zero-order chi connectivity index (χ0) is 25.8. The number of H-pyrrole nitrogens is 1. The van der Waals surface area contributed by atoms with Crippen molar-refractivity contribution in [3.63, 3.8) is 0 Å². The van der Waals surface area contributed by atoms with E-state index in [1.165, 1.54) is 12.1 Å². The highest BCUT2D eigenvalue weighted by Gasteiger charge is 2.38. The quantitative estimate of drug-likeness (QED) is 0.354. The summed E-state index contributed by atoms with van der Waals surface area (Å²) in [5, 5.41) is 28.9. The van der Waals surface area contributed by atoms with Gasteiger partial charge < -0.3 is 20.4 Å². The minimum absolute atomic E-state index is 0.00584. The molecule has 2 aromatic carbocycles. The molecule has 0 spiro atoms. The first-order valence-electron chi connectivity index (χ1n) is 10.4. The molecule has 0 radical (unpaired) electrons. The normalized spacial score (nSPS) is 16.9. The van der Waals surface area contributed by atoms with Gasteiger partial charge >= 0.3 is 12.1 Å². The summed E-state index contributed by atoms with van der Waals surface area (Å²) >= 11 is 3.18. The van der Waals surface area contributed by atoms with E-state index in [2.05, 4.69) is 31.4 Å². The van der Waals surface area contributed by atoms with Gasteiger partial charge in [-0.05, 0) is 43.2 Å². The Kier molecular flexibility index (Phi) is 8.33. The second kappa shape index (κ2) is 11.0. The number of aliphatic carboxylic acids is 1. The van der Waals surface area contributed by atoms with E-state index in [4.69, 9.17) is 9.90 Å². The maximum absolute atomic E-state index is 14.1. The molecule has 1 aliphatic heterocycles. The number of hydrogen-bond donors (Lipinski definition) is 4. The van der Waals surface area contributed by atoms with Crippen molar-refractivity contribution in [3.8, 4) is 0 Å². The Morgan fingerprint density at radius 3 is 2.60 bits per heavy atom. The number of alkyl halides is 3. The number of benzene rings is 2. The van der Waals surface area contributed by atoms with Crippen LogP contribution in [0.1, 0.15) is 24.5 Å². The molecule has 0 bridgehead atoms. The Hall–Kier alpha value is -3.19. The highest BCUT2D eigenvalue weighted by atomic mass is 79.9. The van der Waals surface area contributed by atoms with Gasteiger partial charge in [-0.15, -0.1) is 0 Å². The third kappa shape index (κ3) is 6.92. The lowest BCUT2D eigenvalue weighted by Gasteiger charge is -2.35. The van der Waals surface area contributed by atoms with Crippen molar-refractivity contribution in [3.05, 3.63) is 58.4 Å². The number of fused-ring (bicyclic) bond motifs is 1. The molecule has 2 unspecified atom stereocenters. The fraction of sp³-hybridized carbons (Fsp3) is 0.318. The van der Waals surface area contributed by atoms with Gasteiger partial charge in [0.15, 0.2) is 6.10 Å². The number of rotatable bonds is 4. The molecule has 1 aromatic heterocycles. The highest BCUT2D eigenvalue weighted by molar-refractivity contribution is 9.10. The smallest absolute Gasteiger partial charge is 0.475 e. The fourth-order valence-corrected chi connectivity index (χ4v) is 3.93. The van der Waals surface area contributed by atoms with E-state index in [9.17, 15) is 27.5 Å². The predicted molar refractivity (Wildman–Crippen MR) is 122 cm³/mol. The SMILES string of the molecule is O=C(C(O)c1ccc(Br)cc1F)N1CCCC(Nc2ccc3[nH]ncc3c2)C1.O=C(O)C(F)(F)F. The van der Waals surface area contributed by atoms with Gasteiger partial charge in [0.1, 0.15) is 5.82 Å². The minimum atomic E-state index is -5.08. The fourth-order valence-electron chi connectivity index (χ4n) is 3.59. The van der Waals surface area contributed by atoms with Crippen LogP contribution in [-0.2, 0) is 9.59 Å². The summed E-state index contributed by atoms with van der Waals surface area (Å²) in [4.78, 5) is 23.2. The standard InChI is InChI=1S/C20H20BrFN4O2.C2HF3O2/c21-13-3-5-16(17(22)9-13)19(27)20(28)26-7-1-2-15(11-26)24-14-4-6-18-12(8-14)10-23-25-18;3-2(4,5)1(6)7/h3-6,8-10,15,19,24,27H,1-2,7,11H2,(H,23,25);(H,6,7). The lowest BCUT2D eigenvalue weighted by Crippen LogP contribution is -2.46. The lowest BCUT2D eigenvalue weighted by atomic mass is 10.0. The van der Waals surface area contributed by atoms with Gasteiger partial charge in [-0.1, -0.05) is 22.0 Å². The average molecular weight is 561 g/mol. The predicted octanol–water partition coefficient (Wildman–Crippen LogP) is 4.23. The molecule has 13 heteroatoms. The number of carbonyl (C=O) groups is 2. The van der Waals surface area contributed by atoms with Crippen LogP contribution in [0.25, 0.3) is 10.9 Å². The van der Waals surface area contributed by atoms with Gasteiger partial charge in [0.2, 0.25) is 0 Å². The largest absolute Gasteiger partial charge is 0.490 e. The molecule has 1 saturated heterocycles. The molecule has 4 rings (SSSR count). The molecule has 35 heavy (non-hydrogen) atoms. The summed E-state index contributed by atoms with van der Waals surface area (Å²) < 4.78 is 46.4. The molecular weight excluding hydrogens is 540 g/mol. The summed E-state index contributed by atoms with van der Waals surface area (Å²) in [6.07, 6.45) is -3.10. The Morgan fingerprint density at radius 2 is 1.94 bits per heavy atom. The number of carboxylic acids is 1. The average Bonchev–Trinajstić information content (AvgIpc) is 3.26. The maximum atomic E-state index is 14.1. The van der Waals surface area contributed by atoms with Gasteiger partial charge in [-0.3, -0.25) is 9.89 Å². The summed E-state index contributed by atoms with van der Waals surface area (Å²) in [6, 6.07) is 10.3. The molecule has 188 valence electrons. The number of anilines is 1. The van der Waals surface area contributed by atoms with Gasteiger partial charge in [-0.2, -0.15) is 18.3 Å². The molecule has 4 N–H and O–H groups in total. The monoisotopic (exact) mass is 560 g/mol. The Morgan fingerprint density at radius 1 is 1.23 bits per heavy atom. The first-order valence-corrected chi connectivity index (χ1v) is 11.2. The summed E-state index contributed by atoms with van der Waals surface area (Å²) in [7, 11) is 0. The van der Waals surface area contributed by atoms with Crippen LogP contribution in [0.5, 0.6) is 0 Å². The van der Waals surface area contributed by atoms with Gasteiger partial charge in [-0.25, -0.2) is 9.18 Å². The van der Waals surface area contributed by atoms with Crippen LogP contribution in [0.3, 0.4) is 0 Å². The summed E-state index contributed by atoms with van der Waals surface area (Å²) in [6.45, 7) is 1.00. The number of hydrogen-bond acceptors (Lipinski definition) is 5. The number of halogens is 5. The number of aliphatic hydroxyl groups is 1. The van der Waals surface area contributed by atoms with Crippen molar-refractivity contribution >= 4 is 44.4 Å². The van der Waals surface area contributed by atoms with E-state index >= 15 is 0 Å². The van der Waals surface area contributed by atoms with Crippen LogP contribution >= 0.6 is 15.9 Å². The molecular formula is C22H21BrF4N4O4. The van der Waals surface area contributed by atoms with Crippen LogP contribution in [0.4, 0.5) is 23.2 Å². The van der Waals surface area contributed by atoms with Crippen molar-refractivity contribution in [2.75, 3.05) is 18.4 Å². The van der Waals surface area contributed by atoms with Gasteiger partial charge in [0.25, 0.3) is 5.91 Å². The van der Waals surface area contributed by atoms with Crippen LogP contribution < -0.4 is 5.32 Å². The van der Waals surface area contributed by atoms with Gasteiger partial charge in [0.05, 0.1) is 11.7 Å². The highest BCUT2D eigenvalue weighted by Crippen LogP contribution is 2.25. The van der Waals surface area contributed by atoms with Crippen molar-refractivity contribution < 1.29 is 37.4 Å². The third-order valence-corrected chi connectivity index (χ3v) is 5.77. The molecule has 1 aliphatic rings. The first kappa shape index (κ1) is 26.4. The number of piperidine rings is 1. The maximum Gasteiger partial charge on any atom is 0.490 e. The van der Waals surface area contributed by atoms with Crippen LogP contribution in [0, 0.1) is 5.82 Å². The number of aromatic amines is 1. The van der Waals surface area contributed by atoms with Crippen LogP contribution in [-0.4, -0.2) is 62.5 Å². The summed E-state index contributed by atoms with van der Waals surface area (Å²) in [5.41, 5.74) is 1.91. The number of nitrogens with one attached hydrogen (secondary N) is 2. The molecule has 0 saturated carbocycles. The number of aromatic nitrogens is 2. The lowest BCUT2D eigenvalue weighted by molar-refractivity contribution is -0.192. The molecule has 8 nitrogen and oxygen atoms in total. The number of amides is 1. The molecule has 1 amide bonds. The first-order chi connectivity index (χ1) is 16.5. The Labute approximate surface area is 205 Å². The third-order valence-electron chi connectivity index (χ3n) is 5.28. The molecule has 3 aromatic rings. The molecule has 2 atom stereocenters. The van der Waals surface area contributed by atoms with Gasteiger partial charge in [0, 0.05) is 40.2 Å². The number of likely N-dealkylation sites (tertiary alicyclic amines) is 1. The second-order valence-electron chi connectivity index (χ2n) is 7.81. The molecule has 0 aliphatic carbocycles. The topological polar surface area (TPSA) is 119 Å². The number of carbonyl (C=O) groups excluding carboxylic acids is 1. The van der Waals surface area contributed by atoms with Crippen molar-refractivity contribution in [2.45, 2.75) is 31.2 Å². The van der Waals surface area contributed by atoms with E-state index in [-0.39, 0.29) is 11.6 Å².